The normalized spacial score (nSPS) is 11.8. The van der Waals surface area contributed by atoms with Crippen LogP contribution in [0.1, 0.15) is 42.5 Å². The zero-order chi connectivity index (χ0) is 23.3. The molecule has 0 aliphatic rings. The fourth-order valence-corrected chi connectivity index (χ4v) is 4.02. The Bertz CT molecular complexity index is 1140. The summed E-state index contributed by atoms with van der Waals surface area (Å²) in [5.74, 6) is 0.628. The van der Waals surface area contributed by atoms with E-state index in [2.05, 4.69) is 43.4 Å². The van der Waals surface area contributed by atoms with Crippen molar-refractivity contribution in [2.45, 2.75) is 41.0 Å². The van der Waals surface area contributed by atoms with Gasteiger partial charge in [-0.05, 0) is 63.8 Å². The summed E-state index contributed by atoms with van der Waals surface area (Å²) in [4.78, 5) is 12.4. The highest BCUT2D eigenvalue weighted by Crippen LogP contribution is 2.41. The van der Waals surface area contributed by atoms with Crippen molar-refractivity contribution < 1.29 is 18.7 Å². The number of furan rings is 1. The van der Waals surface area contributed by atoms with E-state index in [1.54, 1.807) is 13.2 Å². The first-order valence-corrected chi connectivity index (χ1v) is 11.1. The monoisotopic (exact) mass is 435 g/mol. The minimum absolute atomic E-state index is 0.124. The third-order valence-electron chi connectivity index (χ3n) is 5.60. The van der Waals surface area contributed by atoms with Crippen molar-refractivity contribution >= 4 is 22.4 Å². The van der Waals surface area contributed by atoms with E-state index in [0.717, 1.165) is 51.0 Å². The number of rotatable bonds is 9. The second kappa shape index (κ2) is 10.5. The lowest BCUT2D eigenvalue weighted by atomic mass is 9.94. The van der Waals surface area contributed by atoms with Gasteiger partial charge in [0.25, 0.3) is 0 Å². The second-order valence-corrected chi connectivity index (χ2v) is 8.12. The summed E-state index contributed by atoms with van der Waals surface area (Å²) in [7, 11) is 1.65. The Morgan fingerprint density at radius 1 is 1.16 bits per heavy atom. The number of fused-ring (bicyclic) bond motifs is 1. The molecule has 1 heterocycles. The molecule has 0 bridgehead atoms. The summed E-state index contributed by atoms with van der Waals surface area (Å²) in [5, 5.41) is 3.93. The average Bonchev–Trinajstić information content (AvgIpc) is 3.17. The molecule has 32 heavy (non-hydrogen) atoms. The predicted octanol–water partition coefficient (Wildman–Crippen LogP) is 5.98. The minimum atomic E-state index is -0.124. The first-order valence-electron chi connectivity index (χ1n) is 11.1. The van der Waals surface area contributed by atoms with Crippen molar-refractivity contribution in [3.05, 3.63) is 58.9 Å². The molecule has 1 amide bonds. The first-order chi connectivity index (χ1) is 15.4. The van der Waals surface area contributed by atoms with Gasteiger partial charge >= 0.3 is 0 Å². The fourth-order valence-electron chi connectivity index (χ4n) is 4.02. The van der Waals surface area contributed by atoms with E-state index in [4.69, 9.17) is 13.9 Å². The first kappa shape index (κ1) is 23.6. The molecular formula is C27H33NO4. The maximum atomic E-state index is 12.4. The lowest BCUT2D eigenvalue weighted by Gasteiger charge is -2.15. The number of benzene rings is 2. The highest BCUT2D eigenvalue weighted by molar-refractivity contribution is 6.02. The molecule has 1 aromatic heterocycles. The van der Waals surface area contributed by atoms with Crippen LogP contribution in [0.5, 0.6) is 5.75 Å². The van der Waals surface area contributed by atoms with Crippen molar-refractivity contribution in [3.63, 3.8) is 0 Å². The van der Waals surface area contributed by atoms with Crippen LogP contribution in [0.15, 0.2) is 41.0 Å². The largest absolute Gasteiger partial charge is 0.493 e. The number of methoxy groups -OCH3 is 1. The zero-order valence-electron chi connectivity index (χ0n) is 19.9. The molecule has 0 saturated heterocycles. The smallest absolute Gasteiger partial charge is 0.244 e. The molecule has 0 aliphatic carbocycles. The van der Waals surface area contributed by atoms with Gasteiger partial charge in [0, 0.05) is 48.4 Å². The molecule has 1 N–H and O–H groups in total. The van der Waals surface area contributed by atoms with E-state index < -0.39 is 0 Å². The van der Waals surface area contributed by atoms with Crippen LogP contribution in [-0.2, 0) is 9.53 Å². The fraction of sp³-hybridized carbons (Fsp3) is 0.370. The van der Waals surface area contributed by atoms with Crippen molar-refractivity contribution in [3.8, 4) is 16.9 Å². The second-order valence-electron chi connectivity index (χ2n) is 8.12. The van der Waals surface area contributed by atoms with Gasteiger partial charge in [0.05, 0.1) is 12.9 Å². The third kappa shape index (κ3) is 5.05. The van der Waals surface area contributed by atoms with Gasteiger partial charge in [-0.2, -0.15) is 0 Å². The maximum absolute atomic E-state index is 12.4. The Morgan fingerprint density at radius 2 is 1.94 bits per heavy atom. The Kier molecular flexibility index (Phi) is 7.75. The van der Waals surface area contributed by atoms with E-state index in [1.165, 1.54) is 11.1 Å². The number of allylic oxidation sites excluding steroid dienone is 1. The third-order valence-corrected chi connectivity index (χ3v) is 5.60. The highest BCUT2D eigenvalue weighted by Gasteiger charge is 2.19. The Labute approximate surface area is 190 Å². The topological polar surface area (TPSA) is 60.7 Å². The van der Waals surface area contributed by atoms with Crippen LogP contribution in [0.4, 0.5) is 0 Å². The summed E-state index contributed by atoms with van der Waals surface area (Å²) >= 11 is 0. The van der Waals surface area contributed by atoms with Crippen LogP contribution in [0.25, 0.3) is 27.7 Å². The number of amides is 1. The van der Waals surface area contributed by atoms with E-state index in [1.807, 2.05) is 27.0 Å². The van der Waals surface area contributed by atoms with E-state index in [0.29, 0.717) is 19.8 Å². The number of aryl methyl sites for hydroxylation is 3. The Morgan fingerprint density at radius 3 is 2.62 bits per heavy atom. The molecule has 0 fully saturated rings. The Hall–Kier alpha value is -3.05. The van der Waals surface area contributed by atoms with Crippen LogP contribution in [0.2, 0.25) is 0 Å². The van der Waals surface area contributed by atoms with E-state index in [-0.39, 0.29) is 5.91 Å². The summed E-state index contributed by atoms with van der Waals surface area (Å²) in [6.45, 7) is 11.8. The molecule has 0 aliphatic heterocycles. The summed E-state index contributed by atoms with van der Waals surface area (Å²) in [6, 6.07) is 8.50. The zero-order valence-corrected chi connectivity index (χ0v) is 19.9. The number of hydrogen-bond donors (Lipinski definition) is 1. The van der Waals surface area contributed by atoms with Gasteiger partial charge < -0.3 is 19.2 Å². The van der Waals surface area contributed by atoms with E-state index in [9.17, 15) is 4.79 Å². The molecule has 5 nitrogen and oxygen atoms in total. The van der Waals surface area contributed by atoms with Gasteiger partial charge in [-0.1, -0.05) is 23.8 Å². The number of nitrogens with one attached hydrogen (secondary N) is 1. The van der Waals surface area contributed by atoms with Crippen LogP contribution in [-0.4, -0.2) is 32.8 Å². The molecule has 0 saturated carbocycles. The molecular weight excluding hydrogens is 402 g/mol. The Balaban J connectivity index is 2.07. The van der Waals surface area contributed by atoms with Gasteiger partial charge in [0.15, 0.2) is 0 Å². The maximum Gasteiger partial charge on any atom is 0.244 e. The van der Waals surface area contributed by atoms with E-state index >= 15 is 0 Å². The average molecular weight is 436 g/mol. The molecule has 5 heteroatoms. The van der Waals surface area contributed by atoms with Crippen molar-refractivity contribution in [2.24, 2.45) is 0 Å². The summed E-state index contributed by atoms with van der Waals surface area (Å²) < 4.78 is 17.0. The lowest BCUT2D eigenvalue weighted by molar-refractivity contribution is -0.116. The van der Waals surface area contributed by atoms with Gasteiger partial charge in [-0.25, -0.2) is 0 Å². The van der Waals surface area contributed by atoms with Gasteiger partial charge in [0.1, 0.15) is 11.3 Å². The predicted molar refractivity (Wildman–Crippen MR) is 130 cm³/mol. The summed E-state index contributed by atoms with van der Waals surface area (Å²) in [5.41, 5.74) is 8.09. The van der Waals surface area contributed by atoms with Crippen LogP contribution in [0.3, 0.4) is 0 Å². The summed E-state index contributed by atoms with van der Waals surface area (Å²) in [6.07, 6.45) is 4.22. The van der Waals surface area contributed by atoms with Gasteiger partial charge in [-0.15, -0.1) is 0 Å². The van der Waals surface area contributed by atoms with Crippen molar-refractivity contribution in [1.29, 1.82) is 0 Å². The molecule has 0 atom stereocenters. The lowest BCUT2D eigenvalue weighted by Crippen LogP contribution is -2.23. The van der Waals surface area contributed by atoms with Crippen LogP contribution in [0, 0.1) is 20.8 Å². The van der Waals surface area contributed by atoms with Gasteiger partial charge in [-0.3, -0.25) is 4.79 Å². The molecule has 0 spiro atoms. The number of carbonyl (C=O) groups excluding carboxylic acids is 1. The number of hydrogen-bond acceptors (Lipinski definition) is 4. The van der Waals surface area contributed by atoms with Crippen molar-refractivity contribution in [1.82, 2.24) is 5.32 Å². The highest BCUT2D eigenvalue weighted by atomic mass is 16.5. The molecule has 170 valence electrons. The van der Waals surface area contributed by atoms with Crippen LogP contribution >= 0.6 is 0 Å². The number of ether oxygens (including phenoxy) is 2. The molecule has 3 aromatic rings. The molecule has 2 aromatic carbocycles. The SMILES string of the molecule is CCOc1c(/C(C)=C/C(=O)NCCCOC)cc2c(-c3ccc(C)cc3C)coc2c1C. The standard InChI is InChI=1S/C27H33NO4/c1-7-31-26-20(5)27-23(24(16-32-27)21-10-9-17(2)13-18(21)3)15-22(26)19(4)14-25(29)28-11-8-12-30-6/h9-10,13-16H,7-8,11-12H2,1-6H3,(H,28,29)/b19-14+. The van der Waals surface area contributed by atoms with Crippen LogP contribution < -0.4 is 10.1 Å². The molecule has 0 unspecified atom stereocenters. The quantitative estimate of drug-likeness (QED) is 0.332. The molecule has 3 rings (SSSR count). The van der Waals surface area contributed by atoms with Crippen molar-refractivity contribution in [2.75, 3.05) is 26.9 Å². The number of carbonyl (C=O) groups is 1. The minimum Gasteiger partial charge on any atom is -0.493 e. The van der Waals surface area contributed by atoms with Gasteiger partial charge in [0.2, 0.25) is 5.91 Å². The molecule has 0 radical (unpaired) electrons.